The van der Waals surface area contributed by atoms with Crippen LogP contribution in [0.4, 0.5) is 5.69 Å². The van der Waals surface area contributed by atoms with Crippen molar-refractivity contribution in [2.75, 3.05) is 11.4 Å². The Bertz CT molecular complexity index is 626. The van der Waals surface area contributed by atoms with Crippen LogP contribution < -0.4 is 16.2 Å². The Hall–Kier alpha value is -1.91. The third-order valence-electron chi connectivity index (χ3n) is 4.51. The molecular weight excluding hydrogens is 248 g/mol. The van der Waals surface area contributed by atoms with Crippen molar-refractivity contribution in [3.8, 4) is 11.1 Å². The predicted octanol–water partition coefficient (Wildman–Crippen LogP) is 2.24. The summed E-state index contributed by atoms with van der Waals surface area (Å²) >= 11 is 0. The lowest BCUT2D eigenvalue weighted by Gasteiger charge is -2.47. The molecule has 0 amide bonds. The molecule has 2 atom stereocenters. The molecule has 5 rings (SSSR count). The third kappa shape index (κ3) is 1.65. The smallest absolute Gasteiger partial charge is 0.0926 e. The summed E-state index contributed by atoms with van der Waals surface area (Å²) in [6, 6.07) is 12.6. The van der Waals surface area contributed by atoms with Crippen LogP contribution in [-0.4, -0.2) is 17.7 Å². The molecule has 3 aliphatic heterocycles. The Morgan fingerprint density at radius 3 is 2.85 bits per heavy atom. The van der Waals surface area contributed by atoms with Crippen molar-refractivity contribution < 1.29 is 0 Å². The lowest BCUT2D eigenvalue weighted by Crippen LogP contribution is -2.56. The van der Waals surface area contributed by atoms with Gasteiger partial charge in [0.2, 0.25) is 0 Å². The number of hydrogen-bond donors (Lipinski definition) is 2. The summed E-state index contributed by atoms with van der Waals surface area (Å²) in [5.74, 6) is 6.25. The molecule has 20 heavy (non-hydrogen) atoms. The summed E-state index contributed by atoms with van der Waals surface area (Å²) in [5, 5.41) is 0. The second-order valence-electron chi connectivity index (χ2n) is 5.56. The van der Waals surface area contributed by atoms with E-state index < -0.39 is 0 Å². The minimum atomic E-state index is 0.230. The van der Waals surface area contributed by atoms with E-state index in [4.69, 9.17) is 5.84 Å². The lowest BCUT2D eigenvalue weighted by atomic mass is 9.82. The van der Waals surface area contributed by atoms with E-state index >= 15 is 0 Å². The van der Waals surface area contributed by atoms with E-state index in [1.54, 1.807) is 0 Å². The van der Waals surface area contributed by atoms with Crippen LogP contribution in [0.1, 0.15) is 24.5 Å². The van der Waals surface area contributed by atoms with Crippen LogP contribution in [0.3, 0.4) is 0 Å². The van der Waals surface area contributed by atoms with E-state index in [1.807, 2.05) is 12.3 Å². The van der Waals surface area contributed by atoms with Crippen LogP contribution in [0.25, 0.3) is 11.1 Å². The Morgan fingerprint density at radius 1 is 1.20 bits per heavy atom. The van der Waals surface area contributed by atoms with Gasteiger partial charge in [-0.05, 0) is 24.5 Å². The molecule has 2 bridgehead atoms. The molecule has 3 N–H and O–H groups in total. The number of piperidine rings is 1. The predicted molar refractivity (Wildman–Crippen MR) is 80.1 cm³/mol. The molecule has 4 heteroatoms. The van der Waals surface area contributed by atoms with Gasteiger partial charge in [0, 0.05) is 24.2 Å². The zero-order chi connectivity index (χ0) is 13.5. The highest BCUT2D eigenvalue weighted by molar-refractivity contribution is 5.81. The van der Waals surface area contributed by atoms with Crippen molar-refractivity contribution in [3.63, 3.8) is 0 Å². The highest BCUT2D eigenvalue weighted by Gasteiger charge is 2.39. The average molecular weight is 266 g/mol. The third-order valence-corrected chi connectivity index (χ3v) is 4.51. The normalized spacial score (nSPS) is 23.8. The summed E-state index contributed by atoms with van der Waals surface area (Å²) in [5.41, 5.74) is 7.97. The fraction of sp³-hybridized carbons (Fsp3) is 0.312. The van der Waals surface area contributed by atoms with Crippen molar-refractivity contribution in [1.29, 1.82) is 0 Å². The number of aromatic nitrogens is 1. The number of hydrogen-bond acceptors (Lipinski definition) is 4. The molecular formula is C16H18N4. The largest absolute Gasteiger partial charge is 0.353 e. The van der Waals surface area contributed by atoms with Gasteiger partial charge < -0.3 is 4.90 Å². The monoisotopic (exact) mass is 266 g/mol. The summed E-state index contributed by atoms with van der Waals surface area (Å²) in [6.07, 6.45) is 4.40. The number of benzene rings is 1. The maximum Gasteiger partial charge on any atom is 0.0926 e. The molecule has 1 fully saturated rings. The van der Waals surface area contributed by atoms with Gasteiger partial charge >= 0.3 is 0 Å². The SMILES string of the molecule is NNC1CC2CCN1c1c(-c3ccccc3)ccnc12. The first-order valence-corrected chi connectivity index (χ1v) is 7.15. The molecule has 0 aliphatic carbocycles. The zero-order valence-electron chi connectivity index (χ0n) is 11.3. The number of nitrogens with two attached hydrogens (primary N) is 1. The number of fused-ring (bicyclic) bond motifs is 2. The van der Waals surface area contributed by atoms with E-state index in [9.17, 15) is 0 Å². The van der Waals surface area contributed by atoms with Gasteiger partial charge in [0.1, 0.15) is 0 Å². The first kappa shape index (κ1) is 11.9. The first-order chi connectivity index (χ1) is 9.88. The van der Waals surface area contributed by atoms with Crippen molar-refractivity contribution in [2.24, 2.45) is 5.84 Å². The highest BCUT2D eigenvalue weighted by atomic mass is 15.4. The van der Waals surface area contributed by atoms with E-state index in [2.05, 4.69) is 45.6 Å². The van der Waals surface area contributed by atoms with Gasteiger partial charge in [-0.15, -0.1) is 0 Å². The fourth-order valence-electron chi connectivity index (χ4n) is 3.56. The van der Waals surface area contributed by atoms with Gasteiger partial charge in [-0.25, -0.2) is 5.43 Å². The molecule has 2 aromatic rings. The summed E-state index contributed by atoms with van der Waals surface area (Å²) in [7, 11) is 0. The van der Waals surface area contributed by atoms with Crippen LogP contribution in [0.2, 0.25) is 0 Å². The van der Waals surface area contributed by atoms with Gasteiger partial charge in [-0.1, -0.05) is 30.3 Å². The minimum Gasteiger partial charge on any atom is -0.353 e. The molecule has 4 heterocycles. The van der Waals surface area contributed by atoms with Crippen LogP contribution in [0.15, 0.2) is 42.6 Å². The van der Waals surface area contributed by atoms with E-state index in [0.717, 1.165) is 13.0 Å². The van der Waals surface area contributed by atoms with Gasteiger partial charge in [0.25, 0.3) is 0 Å². The molecule has 0 spiro atoms. The average Bonchev–Trinajstić information content (AvgIpc) is 2.55. The molecule has 1 saturated heterocycles. The molecule has 4 nitrogen and oxygen atoms in total. The van der Waals surface area contributed by atoms with Crippen molar-refractivity contribution in [2.45, 2.75) is 24.9 Å². The molecule has 3 aliphatic rings. The summed E-state index contributed by atoms with van der Waals surface area (Å²) in [6.45, 7) is 1.05. The van der Waals surface area contributed by atoms with Gasteiger partial charge in [-0.2, -0.15) is 0 Å². The molecule has 0 radical (unpaired) electrons. The number of nitrogens with zero attached hydrogens (tertiary/aromatic N) is 2. The van der Waals surface area contributed by atoms with Crippen LogP contribution in [0.5, 0.6) is 0 Å². The highest BCUT2D eigenvalue weighted by Crippen LogP contribution is 2.47. The van der Waals surface area contributed by atoms with E-state index in [-0.39, 0.29) is 6.17 Å². The molecule has 1 aromatic carbocycles. The van der Waals surface area contributed by atoms with Crippen molar-refractivity contribution in [3.05, 3.63) is 48.3 Å². The van der Waals surface area contributed by atoms with Crippen molar-refractivity contribution in [1.82, 2.24) is 10.4 Å². The standard InChI is InChI=1S/C16H18N4/c17-19-14-10-12-7-9-20(14)16-13(6-8-18-15(12)16)11-4-2-1-3-5-11/h1-6,8,12,14,19H,7,9-10,17H2. The minimum absolute atomic E-state index is 0.230. The number of rotatable bonds is 2. The second-order valence-corrected chi connectivity index (χ2v) is 5.56. The van der Waals surface area contributed by atoms with Crippen LogP contribution >= 0.6 is 0 Å². The molecule has 0 saturated carbocycles. The van der Waals surface area contributed by atoms with Gasteiger partial charge in [0.15, 0.2) is 0 Å². The number of nitrogens with one attached hydrogen (secondary N) is 1. The van der Waals surface area contributed by atoms with E-state index in [1.165, 1.54) is 28.9 Å². The number of pyridine rings is 1. The Morgan fingerprint density at radius 2 is 2.05 bits per heavy atom. The second kappa shape index (κ2) is 4.58. The summed E-state index contributed by atoms with van der Waals surface area (Å²) < 4.78 is 0. The topological polar surface area (TPSA) is 54.2 Å². The fourth-order valence-corrected chi connectivity index (χ4v) is 3.56. The van der Waals surface area contributed by atoms with E-state index in [0.29, 0.717) is 5.92 Å². The maximum atomic E-state index is 5.72. The maximum absolute atomic E-state index is 5.72. The quantitative estimate of drug-likeness (QED) is 0.646. The van der Waals surface area contributed by atoms with Crippen LogP contribution in [0, 0.1) is 0 Å². The zero-order valence-corrected chi connectivity index (χ0v) is 11.3. The van der Waals surface area contributed by atoms with Crippen molar-refractivity contribution >= 4 is 5.69 Å². The first-order valence-electron chi connectivity index (χ1n) is 7.15. The Balaban J connectivity index is 1.90. The Kier molecular flexibility index (Phi) is 2.72. The Labute approximate surface area is 118 Å². The van der Waals surface area contributed by atoms with Gasteiger partial charge in [0.05, 0.1) is 17.5 Å². The molecule has 2 unspecified atom stereocenters. The molecule has 102 valence electrons. The molecule has 1 aromatic heterocycles. The number of hydrazine groups is 1. The van der Waals surface area contributed by atoms with Crippen LogP contribution in [-0.2, 0) is 0 Å². The summed E-state index contributed by atoms with van der Waals surface area (Å²) in [4.78, 5) is 7.03. The number of anilines is 1. The lowest BCUT2D eigenvalue weighted by molar-refractivity contribution is 0.338. The van der Waals surface area contributed by atoms with Gasteiger partial charge in [-0.3, -0.25) is 10.8 Å².